The van der Waals surface area contributed by atoms with Gasteiger partial charge in [-0.05, 0) is 48.5 Å². The van der Waals surface area contributed by atoms with Crippen LogP contribution in [0.25, 0.3) is 10.9 Å². The van der Waals surface area contributed by atoms with Gasteiger partial charge in [0.2, 0.25) is 11.8 Å². The number of methoxy groups -OCH3 is 1. The third-order valence-electron chi connectivity index (χ3n) is 6.58. The molecule has 1 aromatic carbocycles. The summed E-state index contributed by atoms with van der Waals surface area (Å²) in [5.41, 5.74) is 0.990. The van der Waals surface area contributed by atoms with E-state index >= 15 is 0 Å². The van der Waals surface area contributed by atoms with Crippen LogP contribution in [-0.4, -0.2) is 66.0 Å². The van der Waals surface area contributed by atoms with Crippen LogP contribution in [0.5, 0.6) is 11.6 Å². The average Bonchev–Trinajstić information content (AvgIpc) is 3.67. The molecule has 1 saturated heterocycles. The van der Waals surface area contributed by atoms with Gasteiger partial charge < -0.3 is 34.9 Å². The summed E-state index contributed by atoms with van der Waals surface area (Å²) in [7, 11) is 1.55. The lowest BCUT2D eigenvalue weighted by atomic mass is 9.95. The summed E-state index contributed by atoms with van der Waals surface area (Å²) in [4.78, 5) is 55.0. The SMILES string of the molecule is COc1cccc2[nH]c(C(=O)NC(CC(C)C)C(=O)NC(CC3CCNC3=O)C(=O)COc3ccon3)cc12. The van der Waals surface area contributed by atoms with Gasteiger partial charge in [-0.1, -0.05) is 19.9 Å². The maximum absolute atomic E-state index is 13.4. The van der Waals surface area contributed by atoms with Gasteiger partial charge in [-0.25, -0.2) is 0 Å². The Labute approximate surface area is 225 Å². The van der Waals surface area contributed by atoms with E-state index in [1.807, 2.05) is 26.0 Å². The van der Waals surface area contributed by atoms with E-state index in [1.165, 1.54) is 12.3 Å². The second-order valence-electron chi connectivity index (χ2n) is 9.93. The lowest BCUT2D eigenvalue weighted by molar-refractivity contribution is -0.131. The number of benzene rings is 1. The molecule has 3 amide bonds. The molecule has 1 fully saturated rings. The van der Waals surface area contributed by atoms with E-state index in [2.05, 4.69) is 26.1 Å². The van der Waals surface area contributed by atoms with Crippen LogP contribution in [0.2, 0.25) is 0 Å². The second-order valence-corrected chi connectivity index (χ2v) is 9.93. The molecule has 0 saturated carbocycles. The number of nitrogens with zero attached hydrogens (tertiary/aromatic N) is 1. The fraction of sp³-hybridized carbons (Fsp3) is 0.444. The third-order valence-corrected chi connectivity index (χ3v) is 6.58. The Morgan fingerprint density at radius 2 is 2.00 bits per heavy atom. The quantitative estimate of drug-likeness (QED) is 0.256. The van der Waals surface area contributed by atoms with Crippen LogP contribution in [-0.2, 0) is 14.4 Å². The van der Waals surface area contributed by atoms with E-state index in [9.17, 15) is 19.2 Å². The molecule has 0 aliphatic carbocycles. The van der Waals surface area contributed by atoms with Crippen molar-refractivity contribution in [3.8, 4) is 11.6 Å². The highest BCUT2D eigenvalue weighted by Crippen LogP contribution is 2.26. The Morgan fingerprint density at radius 3 is 2.67 bits per heavy atom. The minimum atomic E-state index is -0.998. The molecule has 0 spiro atoms. The zero-order valence-corrected chi connectivity index (χ0v) is 22.1. The van der Waals surface area contributed by atoms with Crippen molar-refractivity contribution in [3.05, 3.63) is 42.3 Å². The van der Waals surface area contributed by atoms with Crippen molar-refractivity contribution in [2.24, 2.45) is 11.8 Å². The number of aromatic amines is 1. The fourth-order valence-corrected chi connectivity index (χ4v) is 4.59. The van der Waals surface area contributed by atoms with Gasteiger partial charge in [-0.15, -0.1) is 0 Å². The number of ketones is 1. The van der Waals surface area contributed by atoms with Gasteiger partial charge in [0.05, 0.1) is 13.2 Å². The van der Waals surface area contributed by atoms with E-state index < -0.39 is 35.6 Å². The lowest BCUT2D eigenvalue weighted by Crippen LogP contribution is -2.53. The molecule has 3 heterocycles. The molecule has 4 N–H and O–H groups in total. The predicted octanol–water partition coefficient (Wildman–Crippen LogP) is 1.97. The summed E-state index contributed by atoms with van der Waals surface area (Å²) in [5, 5.41) is 12.7. The predicted molar refractivity (Wildman–Crippen MR) is 140 cm³/mol. The number of ether oxygens (including phenoxy) is 2. The van der Waals surface area contributed by atoms with E-state index in [0.29, 0.717) is 25.1 Å². The van der Waals surface area contributed by atoms with Crippen LogP contribution in [0, 0.1) is 11.8 Å². The van der Waals surface area contributed by atoms with E-state index in [0.717, 1.165) is 10.9 Å². The van der Waals surface area contributed by atoms with Gasteiger partial charge in [0.15, 0.2) is 12.4 Å². The van der Waals surface area contributed by atoms with Crippen molar-refractivity contribution in [1.82, 2.24) is 26.1 Å². The Hall–Kier alpha value is -4.35. The van der Waals surface area contributed by atoms with Gasteiger partial charge in [-0.2, -0.15) is 0 Å². The molecule has 3 unspecified atom stereocenters. The minimum Gasteiger partial charge on any atom is -0.496 e. The molecular formula is C27H33N5O7. The monoisotopic (exact) mass is 539 g/mol. The van der Waals surface area contributed by atoms with E-state index in [1.54, 1.807) is 19.2 Å². The summed E-state index contributed by atoms with van der Waals surface area (Å²) in [5.74, 6) is -1.20. The number of hydrogen-bond donors (Lipinski definition) is 4. The maximum Gasteiger partial charge on any atom is 0.268 e. The molecule has 1 aliphatic rings. The van der Waals surface area contributed by atoms with Gasteiger partial charge >= 0.3 is 0 Å². The highest BCUT2D eigenvalue weighted by molar-refractivity contribution is 6.02. The maximum atomic E-state index is 13.4. The van der Waals surface area contributed by atoms with Crippen molar-refractivity contribution in [3.63, 3.8) is 0 Å². The van der Waals surface area contributed by atoms with Crippen molar-refractivity contribution in [1.29, 1.82) is 0 Å². The van der Waals surface area contributed by atoms with Crippen molar-refractivity contribution in [2.45, 2.75) is 45.2 Å². The first-order chi connectivity index (χ1) is 18.7. The molecule has 4 rings (SSSR count). The van der Waals surface area contributed by atoms with Crippen molar-refractivity contribution < 1.29 is 33.2 Å². The number of H-pyrrole nitrogens is 1. The van der Waals surface area contributed by atoms with Crippen molar-refractivity contribution >= 4 is 34.4 Å². The molecule has 3 aromatic rings. The number of nitrogens with one attached hydrogen (secondary N) is 4. The molecule has 12 heteroatoms. The topological polar surface area (TPSA) is 165 Å². The van der Waals surface area contributed by atoms with Crippen LogP contribution < -0.4 is 25.4 Å². The highest BCUT2D eigenvalue weighted by Gasteiger charge is 2.33. The Kier molecular flexibility index (Phi) is 8.84. The largest absolute Gasteiger partial charge is 0.496 e. The van der Waals surface area contributed by atoms with Crippen LogP contribution in [0.15, 0.2) is 41.1 Å². The molecule has 0 radical (unpaired) electrons. The normalized spacial score (nSPS) is 16.5. The van der Waals surface area contributed by atoms with Crippen LogP contribution in [0.3, 0.4) is 0 Å². The Balaban J connectivity index is 1.49. The van der Waals surface area contributed by atoms with Crippen LogP contribution in [0.1, 0.15) is 43.6 Å². The first-order valence-electron chi connectivity index (χ1n) is 12.9. The zero-order chi connectivity index (χ0) is 27.9. The fourth-order valence-electron chi connectivity index (χ4n) is 4.59. The molecule has 0 bridgehead atoms. The summed E-state index contributed by atoms with van der Waals surface area (Å²) in [6.45, 7) is 3.99. The Bertz CT molecular complexity index is 1320. The smallest absolute Gasteiger partial charge is 0.268 e. The number of carbonyl (C=O) groups excluding carboxylic acids is 4. The zero-order valence-electron chi connectivity index (χ0n) is 22.1. The summed E-state index contributed by atoms with van der Waals surface area (Å²) in [6.07, 6.45) is 2.31. The third kappa shape index (κ3) is 6.95. The summed E-state index contributed by atoms with van der Waals surface area (Å²) >= 11 is 0. The van der Waals surface area contributed by atoms with Gasteiger partial charge in [0.1, 0.15) is 23.7 Å². The molecule has 3 atom stereocenters. The number of rotatable bonds is 13. The molecule has 39 heavy (non-hydrogen) atoms. The van der Waals surface area contributed by atoms with Gasteiger partial charge in [-0.3, -0.25) is 19.2 Å². The van der Waals surface area contributed by atoms with Gasteiger partial charge in [0, 0.05) is 29.4 Å². The van der Waals surface area contributed by atoms with E-state index in [-0.39, 0.29) is 36.4 Å². The van der Waals surface area contributed by atoms with Gasteiger partial charge in [0.25, 0.3) is 11.8 Å². The highest BCUT2D eigenvalue weighted by atomic mass is 16.5. The van der Waals surface area contributed by atoms with Crippen LogP contribution in [0.4, 0.5) is 0 Å². The number of carbonyl (C=O) groups is 4. The molecule has 2 aromatic heterocycles. The Morgan fingerprint density at radius 1 is 1.18 bits per heavy atom. The molecule has 1 aliphatic heterocycles. The minimum absolute atomic E-state index is 0.0640. The van der Waals surface area contributed by atoms with Crippen molar-refractivity contribution in [2.75, 3.05) is 20.3 Å². The second kappa shape index (κ2) is 12.5. The number of amides is 3. The van der Waals surface area contributed by atoms with Crippen LogP contribution >= 0.6 is 0 Å². The summed E-state index contributed by atoms with van der Waals surface area (Å²) in [6, 6.07) is 6.63. The number of hydrogen-bond acceptors (Lipinski definition) is 8. The molecule has 208 valence electrons. The lowest BCUT2D eigenvalue weighted by Gasteiger charge is -2.25. The van der Waals surface area contributed by atoms with E-state index in [4.69, 9.17) is 14.0 Å². The molecule has 12 nitrogen and oxygen atoms in total. The average molecular weight is 540 g/mol. The first kappa shape index (κ1) is 27.7. The number of aromatic nitrogens is 2. The molecular weight excluding hydrogens is 506 g/mol. The number of Topliss-reactive ketones (excluding diaryl/α,β-unsaturated/α-hetero) is 1. The standard InChI is InChI=1S/C27H33N5O7/c1-15(2)11-20(31-27(36)21-13-17-18(29-21)5-4-6-23(17)37-3)26(35)30-19(12-16-7-9-28-25(16)34)22(33)14-38-24-8-10-39-32-24/h4-6,8,10,13,15-16,19-20,29H,7,9,11-12,14H2,1-3H3,(H,28,34)(H,30,35)(H,31,36). The number of fused-ring (bicyclic) bond motifs is 1. The summed E-state index contributed by atoms with van der Waals surface area (Å²) < 4.78 is 15.4. The first-order valence-corrected chi connectivity index (χ1v) is 12.9.